The highest BCUT2D eigenvalue weighted by Crippen LogP contribution is 2.14. The fraction of sp³-hybridized carbons (Fsp3) is 0.875. The summed E-state index contributed by atoms with van der Waals surface area (Å²) in [5.41, 5.74) is 2.33. The third-order valence-electron chi connectivity index (χ3n) is 2.07. The molecule has 13 heavy (non-hydrogen) atoms. The maximum atomic E-state index is 11.2. The van der Waals surface area contributed by atoms with Crippen molar-refractivity contribution in [3.63, 3.8) is 0 Å². The Labute approximate surface area is 82.9 Å². The first-order chi connectivity index (χ1) is 6.24. The summed E-state index contributed by atoms with van der Waals surface area (Å²) in [4.78, 5) is 17.9. The van der Waals surface area contributed by atoms with Gasteiger partial charge >= 0.3 is 0 Å². The minimum atomic E-state index is -0.0683. The number of hydrogen-bond donors (Lipinski definition) is 1. The second-order valence-corrected chi connectivity index (χ2v) is 4.27. The number of nitrogens with one attached hydrogen (secondary N) is 1. The van der Waals surface area contributed by atoms with E-state index in [1.807, 2.05) is 11.8 Å². The normalized spacial score (nSPS) is 24.3. The molecule has 1 aliphatic heterocycles. The number of amides is 1. The molecule has 1 N–H and O–H groups in total. The van der Waals surface area contributed by atoms with Gasteiger partial charge in [0.05, 0.1) is 13.7 Å². The quantitative estimate of drug-likeness (QED) is 0.662. The van der Waals surface area contributed by atoms with Gasteiger partial charge < -0.3 is 0 Å². The number of nitrogens with zero attached hydrogens (tertiary/aromatic N) is 1. The van der Waals surface area contributed by atoms with Crippen LogP contribution in [0.2, 0.25) is 0 Å². The molecule has 5 heteroatoms. The fourth-order valence-electron chi connectivity index (χ4n) is 1.33. The van der Waals surface area contributed by atoms with Crippen LogP contribution >= 0.6 is 11.8 Å². The topological polar surface area (TPSA) is 41.6 Å². The van der Waals surface area contributed by atoms with Crippen LogP contribution in [0, 0.1) is 0 Å². The molecule has 4 nitrogen and oxygen atoms in total. The average Bonchev–Trinajstić information content (AvgIpc) is 2.09. The summed E-state index contributed by atoms with van der Waals surface area (Å²) in [6.07, 6.45) is 0. The molecule has 1 saturated heterocycles. The molecule has 0 aromatic heterocycles. The standard InChI is InChI=1S/C8H16N2O2S/c1-7-6-13-4-3-10(7)5-8(11)9-12-2/h7H,3-6H2,1-2H3,(H,9,11). The van der Waals surface area contributed by atoms with E-state index >= 15 is 0 Å². The van der Waals surface area contributed by atoms with Gasteiger partial charge in [0.2, 0.25) is 0 Å². The van der Waals surface area contributed by atoms with Crippen molar-refractivity contribution >= 4 is 17.7 Å². The van der Waals surface area contributed by atoms with E-state index in [4.69, 9.17) is 0 Å². The second kappa shape index (κ2) is 5.47. The van der Waals surface area contributed by atoms with Gasteiger partial charge in [0.15, 0.2) is 0 Å². The van der Waals surface area contributed by atoms with Crippen LogP contribution in [0.4, 0.5) is 0 Å². The summed E-state index contributed by atoms with van der Waals surface area (Å²) in [7, 11) is 1.45. The van der Waals surface area contributed by atoms with Gasteiger partial charge in [0.1, 0.15) is 0 Å². The lowest BCUT2D eigenvalue weighted by atomic mass is 10.3. The molecule has 1 aliphatic rings. The maximum absolute atomic E-state index is 11.2. The molecule has 76 valence electrons. The lowest BCUT2D eigenvalue weighted by Crippen LogP contribution is -2.45. The van der Waals surface area contributed by atoms with Gasteiger partial charge in [-0.15, -0.1) is 0 Å². The van der Waals surface area contributed by atoms with Gasteiger partial charge in [-0.2, -0.15) is 11.8 Å². The molecule has 0 aromatic carbocycles. The zero-order chi connectivity index (χ0) is 9.68. The van der Waals surface area contributed by atoms with Gasteiger partial charge in [-0.3, -0.25) is 14.5 Å². The molecular formula is C8H16N2O2S. The molecule has 1 amide bonds. The Bertz CT molecular complexity index is 178. The van der Waals surface area contributed by atoms with Crippen molar-refractivity contribution in [1.82, 2.24) is 10.4 Å². The third-order valence-corrected chi connectivity index (χ3v) is 3.26. The number of thioether (sulfide) groups is 1. The van der Waals surface area contributed by atoms with Crippen LogP contribution < -0.4 is 5.48 Å². The number of carbonyl (C=O) groups excluding carboxylic acids is 1. The van der Waals surface area contributed by atoms with Crippen LogP contribution in [-0.2, 0) is 9.63 Å². The highest BCUT2D eigenvalue weighted by molar-refractivity contribution is 7.99. The minimum Gasteiger partial charge on any atom is -0.290 e. The molecule has 1 heterocycles. The van der Waals surface area contributed by atoms with E-state index in [-0.39, 0.29) is 5.91 Å². The van der Waals surface area contributed by atoms with Gasteiger partial charge in [-0.25, -0.2) is 5.48 Å². The number of hydroxylamine groups is 1. The van der Waals surface area contributed by atoms with Crippen LogP contribution in [-0.4, -0.2) is 48.6 Å². The van der Waals surface area contributed by atoms with E-state index in [1.165, 1.54) is 7.11 Å². The van der Waals surface area contributed by atoms with Crippen LogP contribution in [0.25, 0.3) is 0 Å². The van der Waals surface area contributed by atoms with E-state index in [9.17, 15) is 4.79 Å². The number of carbonyl (C=O) groups is 1. The molecule has 1 unspecified atom stereocenters. The molecule has 1 fully saturated rings. The molecule has 1 atom stereocenters. The third kappa shape index (κ3) is 3.54. The van der Waals surface area contributed by atoms with Gasteiger partial charge in [0, 0.05) is 24.1 Å². The molecule has 0 saturated carbocycles. The fourth-order valence-corrected chi connectivity index (χ4v) is 2.41. The predicted molar refractivity (Wildman–Crippen MR) is 53.5 cm³/mol. The second-order valence-electron chi connectivity index (χ2n) is 3.12. The smallest absolute Gasteiger partial charge is 0.257 e. The summed E-state index contributed by atoms with van der Waals surface area (Å²) in [5.74, 6) is 2.16. The van der Waals surface area contributed by atoms with Crippen LogP contribution in [0.1, 0.15) is 6.92 Å². The van der Waals surface area contributed by atoms with Crippen LogP contribution in [0.5, 0.6) is 0 Å². The summed E-state index contributed by atoms with van der Waals surface area (Å²) < 4.78 is 0. The Morgan fingerprint density at radius 3 is 3.15 bits per heavy atom. The van der Waals surface area contributed by atoms with Crippen molar-refractivity contribution in [1.29, 1.82) is 0 Å². The summed E-state index contributed by atoms with van der Waals surface area (Å²) in [6.45, 7) is 3.57. The van der Waals surface area contributed by atoms with Crippen molar-refractivity contribution in [2.45, 2.75) is 13.0 Å². The molecule has 1 rings (SSSR count). The van der Waals surface area contributed by atoms with Crippen molar-refractivity contribution in [2.24, 2.45) is 0 Å². The summed E-state index contributed by atoms with van der Waals surface area (Å²) in [6, 6.07) is 0.487. The van der Waals surface area contributed by atoms with Gasteiger partial charge in [0.25, 0.3) is 5.91 Å². The van der Waals surface area contributed by atoms with E-state index in [1.54, 1.807) is 0 Å². The van der Waals surface area contributed by atoms with E-state index < -0.39 is 0 Å². The van der Waals surface area contributed by atoms with Crippen LogP contribution in [0.3, 0.4) is 0 Å². The number of hydrogen-bond acceptors (Lipinski definition) is 4. The van der Waals surface area contributed by atoms with Gasteiger partial charge in [-0.1, -0.05) is 0 Å². The highest BCUT2D eigenvalue weighted by atomic mass is 32.2. The molecular weight excluding hydrogens is 188 g/mol. The van der Waals surface area contributed by atoms with Gasteiger partial charge in [-0.05, 0) is 6.92 Å². The Kier molecular flexibility index (Phi) is 4.55. The Hall–Kier alpha value is -0.260. The summed E-state index contributed by atoms with van der Waals surface area (Å²) in [5, 5.41) is 0. The van der Waals surface area contributed by atoms with Crippen molar-refractivity contribution < 1.29 is 9.63 Å². The van der Waals surface area contributed by atoms with Crippen molar-refractivity contribution in [3.8, 4) is 0 Å². The first-order valence-electron chi connectivity index (χ1n) is 4.37. The van der Waals surface area contributed by atoms with E-state index in [0.29, 0.717) is 12.6 Å². The van der Waals surface area contributed by atoms with E-state index in [2.05, 4.69) is 22.1 Å². The Morgan fingerprint density at radius 1 is 1.77 bits per heavy atom. The summed E-state index contributed by atoms with van der Waals surface area (Å²) >= 11 is 1.94. The molecule has 0 spiro atoms. The Balaban J connectivity index is 2.29. The monoisotopic (exact) mass is 204 g/mol. The SMILES string of the molecule is CONC(=O)CN1CCSCC1C. The predicted octanol–water partition coefficient (Wildman–Crippen LogP) is 0.101. The highest BCUT2D eigenvalue weighted by Gasteiger charge is 2.20. The molecule has 0 bridgehead atoms. The first kappa shape index (κ1) is 10.8. The maximum Gasteiger partial charge on any atom is 0.257 e. The van der Waals surface area contributed by atoms with Crippen molar-refractivity contribution in [2.75, 3.05) is 31.7 Å². The lowest BCUT2D eigenvalue weighted by Gasteiger charge is -2.31. The molecule has 0 aromatic rings. The lowest BCUT2D eigenvalue weighted by molar-refractivity contribution is -0.132. The average molecular weight is 204 g/mol. The zero-order valence-electron chi connectivity index (χ0n) is 8.08. The molecule has 0 aliphatic carbocycles. The minimum absolute atomic E-state index is 0.0683. The van der Waals surface area contributed by atoms with E-state index in [0.717, 1.165) is 18.1 Å². The number of rotatable bonds is 3. The zero-order valence-corrected chi connectivity index (χ0v) is 8.89. The largest absolute Gasteiger partial charge is 0.290 e. The Morgan fingerprint density at radius 2 is 2.54 bits per heavy atom. The van der Waals surface area contributed by atoms with Crippen LogP contribution in [0.15, 0.2) is 0 Å². The van der Waals surface area contributed by atoms with Crippen molar-refractivity contribution in [3.05, 3.63) is 0 Å². The molecule has 0 radical (unpaired) electrons. The first-order valence-corrected chi connectivity index (χ1v) is 5.53.